The van der Waals surface area contributed by atoms with Crippen LogP contribution in [0.2, 0.25) is 0 Å². The van der Waals surface area contributed by atoms with Crippen LogP contribution in [0, 0.1) is 6.92 Å². The van der Waals surface area contributed by atoms with Crippen molar-refractivity contribution in [2.75, 3.05) is 0 Å². The molecule has 1 unspecified atom stereocenters. The molecule has 0 saturated heterocycles. The fourth-order valence-corrected chi connectivity index (χ4v) is 1.32. The van der Waals surface area contributed by atoms with Crippen molar-refractivity contribution in [3.63, 3.8) is 0 Å². The average Bonchev–Trinajstić information content (AvgIpc) is 2.04. The van der Waals surface area contributed by atoms with Crippen LogP contribution in [0.1, 0.15) is 22.9 Å². The number of hydrogen-bond acceptors (Lipinski definition) is 1. The monoisotopic (exact) mass is 198 g/mol. The number of benzene rings is 1. The van der Waals surface area contributed by atoms with Gasteiger partial charge in [0.25, 0.3) is 0 Å². The Morgan fingerprint density at radius 1 is 1.46 bits per heavy atom. The highest BCUT2D eigenvalue weighted by Gasteiger charge is 2.11. The van der Waals surface area contributed by atoms with Crippen LogP contribution in [0.3, 0.4) is 0 Å². The maximum atomic E-state index is 10.4. The van der Waals surface area contributed by atoms with Gasteiger partial charge in [-0.1, -0.05) is 29.8 Å². The number of aliphatic carboxylic acids is 1. The van der Waals surface area contributed by atoms with Crippen LogP contribution in [-0.2, 0) is 4.79 Å². The molecule has 3 heteroatoms. The Morgan fingerprint density at radius 3 is 2.46 bits per heavy atom. The maximum absolute atomic E-state index is 10.4. The van der Waals surface area contributed by atoms with E-state index < -0.39 is 11.3 Å². The first kappa shape index (κ1) is 10.1. The van der Waals surface area contributed by atoms with Gasteiger partial charge in [0, 0.05) is 0 Å². The molecule has 0 amide bonds. The molecule has 13 heavy (non-hydrogen) atoms. The second-order valence-corrected chi connectivity index (χ2v) is 3.50. The van der Waals surface area contributed by atoms with E-state index in [1.807, 2.05) is 31.2 Å². The number of carbonyl (C=O) groups is 1. The molecule has 0 radical (unpaired) electrons. The molecule has 2 nitrogen and oxygen atoms in total. The SMILES string of the molecule is Cc1ccc(C(Cl)CC(=O)O)cc1. The third-order valence-corrected chi connectivity index (χ3v) is 2.20. The van der Waals surface area contributed by atoms with E-state index in [1.165, 1.54) is 0 Å². The third-order valence-electron chi connectivity index (χ3n) is 1.79. The molecular weight excluding hydrogens is 188 g/mol. The van der Waals surface area contributed by atoms with Gasteiger partial charge in [-0.25, -0.2) is 0 Å². The molecule has 0 saturated carbocycles. The summed E-state index contributed by atoms with van der Waals surface area (Å²) in [6.07, 6.45) is -0.0371. The smallest absolute Gasteiger partial charge is 0.305 e. The van der Waals surface area contributed by atoms with E-state index in [9.17, 15) is 4.79 Å². The Balaban J connectivity index is 2.71. The largest absolute Gasteiger partial charge is 0.481 e. The zero-order valence-electron chi connectivity index (χ0n) is 7.33. The van der Waals surface area contributed by atoms with Crippen molar-refractivity contribution < 1.29 is 9.90 Å². The van der Waals surface area contributed by atoms with E-state index in [0.29, 0.717) is 0 Å². The van der Waals surface area contributed by atoms with Gasteiger partial charge < -0.3 is 5.11 Å². The summed E-state index contributed by atoms with van der Waals surface area (Å²) < 4.78 is 0. The lowest BCUT2D eigenvalue weighted by Gasteiger charge is -2.06. The van der Waals surface area contributed by atoms with Crippen molar-refractivity contribution in [3.8, 4) is 0 Å². The van der Waals surface area contributed by atoms with Crippen LogP contribution in [0.25, 0.3) is 0 Å². The Bertz CT molecular complexity index is 292. The molecule has 0 heterocycles. The van der Waals surface area contributed by atoms with E-state index >= 15 is 0 Å². The van der Waals surface area contributed by atoms with Crippen LogP contribution in [0.15, 0.2) is 24.3 Å². The second kappa shape index (κ2) is 4.28. The quantitative estimate of drug-likeness (QED) is 0.759. The predicted octanol–water partition coefficient (Wildman–Crippen LogP) is 2.75. The summed E-state index contributed by atoms with van der Waals surface area (Å²) in [5.41, 5.74) is 2.00. The van der Waals surface area contributed by atoms with Gasteiger partial charge in [-0.05, 0) is 12.5 Å². The minimum Gasteiger partial charge on any atom is -0.481 e. The van der Waals surface area contributed by atoms with Crippen molar-refractivity contribution in [2.24, 2.45) is 0 Å². The van der Waals surface area contributed by atoms with Gasteiger partial charge in [0.2, 0.25) is 0 Å². The van der Waals surface area contributed by atoms with Gasteiger partial charge >= 0.3 is 5.97 Å². The van der Waals surface area contributed by atoms with Gasteiger partial charge in [0.05, 0.1) is 11.8 Å². The number of halogens is 1. The fraction of sp³-hybridized carbons (Fsp3) is 0.300. The first-order valence-electron chi connectivity index (χ1n) is 4.02. The summed E-state index contributed by atoms with van der Waals surface area (Å²) in [5.74, 6) is -0.874. The summed E-state index contributed by atoms with van der Waals surface area (Å²) >= 11 is 5.87. The number of hydrogen-bond donors (Lipinski definition) is 1. The molecule has 1 aromatic rings. The Hall–Kier alpha value is -1.02. The second-order valence-electron chi connectivity index (χ2n) is 2.98. The number of carboxylic acids is 1. The van der Waals surface area contributed by atoms with Crippen LogP contribution >= 0.6 is 11.6 Å². The molecule has 1 rings (SSSR count). The van der Waals surface area contributed by atoms with Gasteiger partial charge in [0.1, 0.15) is 0 Å². The standard InChI is InChI=1S/C10H11ClO2/c1-7-2-4-8(5-3-7)9(11)6-10(12)13/h2-5,9H,6H2,1H3,(H,12,13). The summed E-state index contributed by atoms with van der Waals surface area (Å²) in [6.45, 7) is 1.98. The maximum Gasteiger partial charge on any atom is 0.305 e. The summed E-state index contributed by atoms with van der Waals surface area (Å²) in [7, 11) is 0. The van der Waals surface area contributed by atoms with Gasteiger partial charge in [-0.3, -0.25) is 4.79 Å². The van der Waals surface area contributed by atoms with Gasteiger partial charge in [-0.15, -0.1) is 11.6 Å². The van der Waals surface area contributed by atoms with Crippen molar-refractivity contribution in [1.29, 1.82) is 0 Å². The topological polar surface area (TPSA) is 37.3 Å². The van der Waals surface area contributed by atoms with Crippen LogP contribution in [0.4, 0.5) is 0 Å². The predicted molar refractivity (Wildman–Crippen MR) is 52.0 cm³/mol. The molecule has 0 fully saturated rings. The Morgan fingerprint density at radius 2 is 2.00 bits per heavy atom. The lowest BCUT2D eigenvalue weighted by Crippen LogP contribution is -2.00. The average molecular weight is 199 g/mol. The first-order valence-corrected chi connectivity index (χ1v) is 4.45. The van der Waals surface area contributed by atoms with Crippen molar-refractivity contribution in [1.82, 2.24) is 0 Å². The van der Waals surface area contributed by atoms with E-state index in [4.69, 9.17) is 16.7 Å². The molecule has 0 aliphatic heterocycles. The molecule has 70 valence electrons. The highest BCUT2D eigenvalue weighted by Crippen LogP contribution is 2.23. The normalized spacial score (nSPS) is 12.5. The first-order chi connectivity index (χ1) is 6.09. The van der Waals surface area contributed by atoms with Crippen LogP contribution in [0.5, 0.6) is 0 Å². The van der Waals surface area contributed by atoms with Crippen molar-refractivity contribution in [3.05, 3.63) is 35.4 Å². The molecule has 0 aromatic heterocycles. The number of carboxylic acid groups (broad SMARTS) is 1. The minimum absolute atomic E-state index is 0.0371. The lowest BCUT2D eigenvalue weighted by molar-refractivity contribution is -0.137. The molecule has 0 bridgehead atoms. The van der Waals surface area contributed by atoms with Crippen LogP contribution < -0.4 is 0 Å². The molecule has 0 aliphatic carbocycles. The molecular formula is C10H11ClO2. The fourth-order valence-electron chi connectivity index (χ4n) is 1.05. The molecule has 0 spiro atoms. The number of rotatable bonds is 3. The van der Waals surface area contributed by atoms with Gasteiger partial charge in [0.15, 0.2) is 0 Å². The van der Waals surface area contributed by atoms with Crippen molar-refractivity contribution >= 4 is 17.6 Å². The Kier molecular flexibility index (Phi) is 3.32. The van der Waals surface area contributed by atoms with Crippen LogP contribution in [-0.4, -0.2) is 11.1 Å². The summed E-state index contributed by atoms with van der Waals surface area (Å²) in [5, 5.41) is 8.08. The summed E-state index contributed by atoms with van der Waals surface area (Å²) in [6, 6.07) is 7.56. The van der Waals surface area contributed by atoms with E-state index in [1.54, 1.807) is 0 Å². The molecule has 0 aliphatic rings. The van der Waals surface area contributed by atoms with E-state index in [-0.39, 0.29) is 6.42 Å². The number of alkyl halides is 1. The highest BCUT2D eigenvalue weighted by molar-refractivity contribution is 6.21. The molecule has 1 N–H and O–H groups in total. The number of aryl methyl sites for hydroxylation is 1. The highest BCUT2D eigenvalue weighted by atomic mass is 35.5. The van der Waals surface area contributed by atoms with E-state index in [0.717, 1.165) is 11.1 Å². The van der Waals surface area contributed by atoms with E-state index in [2.05, 4.69) is 0 Å². The lowest BCUT2D eigenvalue weighted by atomic mass is 10.1. The van der Waals surface area contributed by atoms with Crippen molar-refractivity contribution in [2.45, 2.75) is 18.7 Å². The Labute approximate surface area is 82.2 Å². The third kappa shape index (κ3) is 3.07. The minimum atomic E-state index is -0.874. The summed E-state index contributed by atoms with van der Waals surface area (Å²) in [4.78, 5) is 10.4. The zero-order valence-corrected chi connectivity index (χ0v) is 8.08. The molecule has 1 atom stereocenters. The zero-order chi connectivity index (χ0) is 9.84. The molecule has 1 aromatic carbocycles. The van der Waals surface area contributed by atoms with Gasteiger partial charge in [-0.2, -0.15) is 0 Å².